The second-order valence-electron chi connectivity index (χ2n) is 5.80. The largest absolute Gasteiger partial charge is 0.497 e. The first-order valence-electron chi connectivity index (χ1n) is 8.18. The van der Waals surface area contributed by atoms with Crippen molar-refractivity contribution in [3.05, 3.63) is 59.7 Å². The molecule has 0 aliphatic rings. The van der Waals surface area contributed by atoms with Crippen LogP contribution < -0.4 is 4.74 Å². The van der Waals surface area contributed by atoms with Crippen molar-refractivity contribution < 1.29 is 23.9 Å². The molecule has 142 valence electrons. The highest BCUT2D eigenvalue weighted by Crippen LogP contribution is 2.23. The summed E-state index contributed by atoms with van der Waals surface area (Å²) in [5, 5.41) is 0. The van der Waals surface area contributed by atoms with Crippen LogP contribution in [0.4, 0.5) is 0 Å². The summed E-state index contributed by atoms with van der Waals surface area (Å²) in [4.78, 5) is 38.5. The molecule has 0 aliphatic carbocycles. The molecular weight excluding hydrogens is 366 g/mol. The van der Waals surface area contributed by atoms with Gasteiger partial charge in [0.15, 0.2) is 12.4 Å². The number of hydrogen-bond donors (Lipinski definition) is 0. The quantitative estimate of drug-likeness (QED) is 0.394. The number of carbonyl (C=O) groups is 3. The van der Waals surface area contributed by atoms with Crippen molar-refractivity contribution >= 4 is 29.4 Å². The van der Waals surface area contributed by atoms with Crippen molar-refractivity contribution in [2.75, 3.05) is 33.6 Å². The molecule has 0 radical (unpaired) electrons. The van der Waals surface area contributed by atoms with E-state index in [1.54, 1.807) is 62.6 Å². The molecule has 2 aromatic carbocycles. The number of carbonyl (C=O) groups excluding carboxylic acids is 3. The second-order valence-corrected chi connectivity index (χ2v) is 6.82. The zero-order valence-corrected chi connectivity index (χ0v) is 16.2. The predicted octanol–water partition coefficient (Wildman–Crippen LogP) is 2.92. The van der Waals surface area contributed by atoms with Gasteiger partial charge in [0.25, 0.3) is 0 Å². The van der Waals surface area contributed by atoms with Gasteiger partial charge in [-0.1, -0.05) is 24.3 Å². The molecule has 0 atom stereocenters. The zero-order valence-electron chi connectivity index (χ0n) is 15.4. The van der Waals surface area contributed by atoms with E-state index >= 15 is 0 Å². The summed E-state index contributed by atoms with van der Waals surface area (Å²) in [5.74, 6) is -0.224. The number of ether oxygens (including phenoxy) is 2. The van der Waals surface area contributed by atoms with E-state index < -0.39 is 5.97 Å². The number of amides is 1. The lowest BCUT2D eigenvalue weighted by Gasteiger charge is -2.12. The summed E-state index contributed by atoms with van der Waals surface area (Å²) < 4.78 is 10.3. The number of rotatable bonds is 8. The van der Waals surface area contributed by atoms with Crippen LogP contribution in [0.1, 0.15) is 20.7 Å². The molecule has 0 bridgehead atoms. The molecule has 0 spiro atoms. The van der Waals surface area contributed by atoms with Gasteiger partial charge in [-0.15, -0.1) is 11.8 Å². The number of esters is 1. The van der Waals surface area contributed by atoms with E-state index in [2.05, 4.69) is 0 Å². The van der Waals surface area contributed by atoms with Gasteiger partial charge >= 0.3 is 5.97 Å². The first-order valence-corrected chi connectivity index (χ1v) is 9.17. The smallest absolute Gasteiger partial charge is 0.339 e. The standard InChI is InChI=1S/C20H21NO5S/c1-21(2)19(23)13-27-18-10-5-4-9-16(18)20(24)26-12-17(22)14-7-6-8-15(11-14)25-3/h4-11H,12-13H2,1-3H3. The van der Waals surface area contributed by atoms with Crippen molar-refractivity contribution in [2.24, 2.45) is 0 Å². The lowest BCUT2D eigenvalue weighted by atomic mass is 10.1. The van der Waals surface area contributed by atoms with Crippen molar-refractivity contribution in [1.82, 2.24) is 4.90 Å². The molecular formula is C20H21NO5S. The Hall–Kier alpha value is -2.80. The summed E-state index contributed by atoms with van der Waals surface area (Å²) in [6, 6.07) is 13.5. The number of hydrogen-bond acceptors (Lipinski definition) is 6. The molecule has 0 aromatic heterocycles. The molecule has 0 aliphatic heterocycles. The van der Waals surface area contributed by atoms with Crippen LogP contribution >= 0.6 is 11.8 Å². The Morgan fingerprint density at radius 2 is 1.78 bits per heavy atom. The molecule has 27 heavy (non-hydrogen) atoms. The fourth-order valence-corrected chi connectivity index (χ4v) is 3.14. The maximum absolute atomic E-state index is 12.4. The molecule has 0 fully saturated rings. The van der Waals surface area contributed by atoms with Crippen molar-refractivity contribution in [3.8, 4) is 5.75 Å². The van der Waals surface area contributed by atoms with Gasteiger partial charge in [-0.25, -0.2) is 4.79 Å². The average Bonchev–Trinajstić information content (AvgIpc) is 2.70. The van der Waals surface area contributed by atoms with E-state index in [9.17, 15) is 14.4 Å². The Bertz CT molecular complexity index is 835. The van der Waals surface area contributed by atoms with Crippen LogP contribution in [-0.2, 0) is 9.53 Å². The van der Waals surface area contributed by atoms with Gasteiger partial charge in [0.05, 0.1) is 18.4 Å². The van der Waals surface area contributed by atoms with E-state index in [0.717, 1.165) is 0 Å². The van der Waals surface area contributed by atoms with Crippen molar-refractivity contribution in [2.45, 2.75) is 4.90 Å². The first kappa shape index (κ1) is 20.5. The van der Waals surface area contributed by atoms with Crippen molar-refractivity contribution in [3.63, 3.8) is 0 Å². The van der Waals surface area contributed by atoms with Gasteiger partial charge in [-0.2, -0.15) is 0 Å². The van der Waals surface area contributed by atoms with Crippen LogP contribution in [0.2, 0.25) is 0 Å². The summed E-state index contributed by atoms with van der Waals surface area (Å²) in [6.07, 6.45) is 0. The third-order valence-corrected chi connectivity index (χ3v) is 4.74. The fraction of sp³-hybridized carbons (Fsp3) is 0.250. The molecule has 0 N–H and O–H groups in total. The highest BCUT2D eigenvalue weighted by Gasteiger charge is 2.17. The SMILES string of the molecule is COc1cccc(C(=O)COC(=O)c2ccccc2SCC(=O)N(C)C)c1. The van der Waals surface area contributed by atoms with Crippen LogP contribution in [0.5, 0.6) is 5.75 Å². The maximum Gasteiger partial charge on any atom is 0.339 e. The predicted molar refractivity (Wildman–Crippen MR) is 103 cm³/mol. The highest BCUT2D eigenvalue weighted by molar-refractivity contribution is 8.00. The normalized spacial score (nSPS) is 10.2. The Kier molecular flexibility index (Phi) is 7.43. The van der Waals surface area contributed by atoms with Gasteiger partial charge in [-0.05, 0) is 24.3 Å². The minimum atomic E-state index is -0.605. The average molecular weight is 387 g/mol. The summed E-state index contributed by atoms with van der Waals surface area (Å²) in [7, 11) is 4.86. The van der Waals surface area contributed by atoms with Gasteiger partial charge in [0.2, 0.25) is 5.91 Å². The number of methoxy groups -OCH3 is 1. The minimum Gasteiger partial charge on any atom is -0.497 e. The number of Topliss-reactive ketones (excluding diaryl/α,β-unsaturated/α-hetero) is 1. The molecule has 0 unspecified atom stereocenters. The Balaban J connectivity index is 2.01. The number of nitrogens with zero attached hydrogens (tertiary/aromatic N) is 1. The lowest BCUT2D eigenvalue weighted by molar-refractivity contribution is -0.125. The van der Waals surface area contributed by atoms with Crippen LogP contribution in [0.25, 0.3) is 0 Å². The first-order chi connectivity index (χ1) is 12.9. The van der Waals surface area contributed by atoms with E-state index in [1.807, 2.05) is 0 Å². The molecule has 0 saturated carbocycles. The van der Waals surface area contributed by atoms with E-state index in [4.69, 9.17) is 9.47 Å². The molecule has 0 saturated heterocycles. The van der Waals surface area contributed by atoms with E-state index in [0.29, 0.717) is 21.8 Å². The van der Waals surface area contributed by atoms with E-state index in [1.165, 1.54) is 23.8 Å². The van der Waals surface area contributed by atoms with Crippen LogP contribution in [0, 0.1) is 0 Å². The van der Waals surface area contributed by atoms with Gasteiger partial charge in [-0.3, -0.25) is 9.59 Å². The molecule has 2 aromatic rings. The molecule has 0 heterocycles. The molecule has 7 heteroatoms. The molecule has 1 amide bonds. The third kappa shape index (κ3) is 5.86. The van der Waals surface area contributed by atoms with E-state index in [-0.39, 0.29) is 24.1 Å². The summed E-state index contributed by atoms with van der Waals surface area (Å²) in [5.41, 5.74) is 0.730. The van der Waals surface area contributed by atoms with Gasteiger partial charge in [0, 0.05) is 24.6 Å². The summed E-state index contributed by atoms with van der Waals surface area (Å²) >= 11 is 1.25. The van der Waals surface area contributed by atoms with Gasteiger partial charge < -0.3 is 14.4 Å². The van der Waals surface area contributed by atoms with Gasteiger partial charge in [0.1, 0.15) is 5.75 Å². The number of thioether (sulfide) groups is 1. The van der Waals surface area contributed by atoms with Crippen molar-refractivity contribution in [1.29, 1.82) is 0 Å². The minimum absolute atomic E-state index is 0.0589. The summed E-state index contributed by atoms with van der Waals surface area (Å²) in [6.45, 7) is -0.373. The van der Waals surface area contributed by atoms with Crippen LogP contribution in [0.15, 0.2) is 53.4 Å². The Labute approximate surface area is 162 Å². The highest BCUT2D eigenvalue weighted by atomic mass is 32.2. The Morgan fingerprint density at radius 1 is 1.04 bits per heavy atom. The lowest BCUT2D eigenvalue weighted by Crippen LogP contribution is -2.23. The number of ketones is 1. The maximum atomic E-state index is 12.4. The topological polar surface area (TPSA) is 72.9 Å². The molecule has 6 nitrogen and oxygen atoms in total. The van der Waals surface area contributed by atoms with Crippen LogP contribution in [0.3, 0.4) is 0 Å². The third-order valence-electron chi connectivity index (χ3n) is 3.68. The zero-order chi connectivity index (χ0) is 19.8. The fourth-order valence-electron chi connectivity index (χ4n) is 2.12. The number of benzene rings is 2. The Morgan fingerprint density at radius 3 is 2.48 bits per heavy atom. The second kappa shape index (κ2) is 9.78. The monoisotopic (exact) mass is 387 g/mol. The van der Waals surface area contributed by atoms with Crippen LogP contribution in [-0.4, -0.2) is 56.1 Å². The molecule has 2 rings (SSSR count).